The Morgan fingerprint density at radius 2 is 2.19 bits per heavy atom. The van der Waals surface area contributed by atoms with Crippen molar-refractivity contribution in [2.75, 3.05) is 33.3 Å². The summed E-state index contributed by atoms with van der Waals surface area (Å²) < 4.78 is 7.97. The topological polar surface area (TPSA) is 54.7 Å². The molecule has 1 N–H and O–H groups in total. The molecular formula is C20H29N5O. The lowest BCUT2D eigenvalue weighted by atomic mass is 9.93. The van der Waals surface area contributed by atoms with Crippen LogP contribution in [-0.4, -0.2) is 53.7 Å². The molecule has 6 nitrogen and oxygen atoms in total. The first-order valence-electron chi connectivity index (χ1n) is 9.32. The van der Waals surface area contributed by atoms with Gasteiger partial charge in [-0.15, -0.1) is 0 Å². The zero-order valence-electron chi connectivity index (χ0n) is 15.7. The first kappa shape index (κ1) is 18.5. The molecule has 0 amide bonds. The third kappa shape index (κ3) is 4.85. The molecule has 1 aromatic heterocycles. The molecule has 26 heavy (non-hydrogen) atoms. The maximum atomic E-state index is 5.75. The van der Waals surface area contributed by atoms with Crippen LogP contribution in [0.25, 0.3) is 0 Å². The van der Waals surface area contributed by atoms with Gasteiger partial charge in [-0.05, 0) is 17.9 Å². The minimum absolute atomic E-state index is 0.430. The first-order chi connectivity index (χ1) is 12.8. The Balaban J connectivity index is 1.45. The van der Waals surface area contributed by atoms with Gasteiger partial charge in [-0.1, -0.05) is 37.3 Å². The number of nitrogens with zero attached hydrogens (tertiary/aromatic N) is 4. The highest BCUT2D eigenvalue weighted by atomic mass is 16.5. The van der Waals surface area contributed by atoms with Crippen LogP contribution in [0.4, 0.5) is 0 Å². The average Bonchev–Trinajstić information content (AvgIpc) is 3.21. The second-order valence-corrected chi connectivity index (χ2v) is 6.80. The van der Waals surface area contributed by atoms with Gasteiger partial charge in [0.25, 0.3) is 0 Å². The van der Waals surface area contributed by atoms with Gasteiger partial charge in [0.15, 0.2) is 5.96 Å². The van der Waals surface area contributed by atoms with E-state index in [1.165, 1.54) is 5.56 Å². The molecule has 2 aromatic rings. The van der Waals surface area contributed by atoms with Gasteiger partial charge in [-0.3, -0.25) is 4.99 Å². The first-order valence-corrected chi connectivity index (χ1v) is 9.32. The third-order valence-corrected chi connectivity index (χ3v) is 4.98. The lowest BCUT2D eigenvalue weighted by Crippen LogP contribution is -2.49. The number of piperidine rings is 1. The van der Waals surface area contributed by atoms with Crippen LogP contribution >= 0.6 is 0 Å². The molecule has 0 aliphatic carbocycles. The molecular weight excluding hydrogens is 326 g/mol. The number of aliphatic imine (C=N–C) groups is 1. The molecule has 140 valence electrons. The van der Waals surface area contributed by atoms with E-state index in [1.54, 1.807) is 0 Å². The van der Waals surface area contributed by atoms with Crippen molar-refractivity contribution >= 4 is 5.96 Å². The fourth-order valence-corrected chi connectivity index (χ4v) is 3.43. The van der Waals surface area contributed by atoms with Crippen molar-refractivity contribution < 1.29 is 4.74 Å². The highest BCUT2D eigenvalue weighted by molar-refractivity contribution is 5.80. The summed E-state index contributed by atoms with van der Waals surface area (Å²) in [5.74, 6) is 1.58. The number of hydrogen-bond donors (Lipinski definition) is 1. The summed E-state index contributed by atoms with van der Waals surface area (Å²) in [4.78, 5) is 11.0. The SMILES string of the molecule is CN=C(NCCOCc1ccccc1)N1CCC(C)C(n2ccnc2)C1. The molecule has 0 spiro atoms. The van der Waals surface area contributed by atoms with E-state index in [4.69, 9.17) is 4.74 Å². The molecule has 0 bridgehead atoms. The van der Waals surface area contributed by atoms with E-state index in [-0.39, 0.29) is 0 Å². The van der Waals surface area contributed by atoms with Crippen molar-refractivity contribution in [2.45, 2.75) is 26.0 Å². The second kappa shape index (κ2) is 9.38. The monoisotopic (exact) mass is 355 g/mol. The Hall–Kier alpha value is -2.34. The zero-order chi connectivity index (χ0) is 18.2. The van der Waals surface area contributed by atoms with Gasteiger partial charge in [0.2, 0.25) is 0 Å². The molecule has 1 fully saturated rings. The quantitative estimate of drug-likeness (QED) is 0.492. The fraction of sp³-hybridized carbons (Fsp3) is 0.500. The Labute approximate surface area is 155 Å². The van der Waals surface area contributed by atoms with Crippen molar-refractivity contribution in [3.8, 4) is 0 Å². The van der Waals surface area contributed by atoms with Crippen LogP contribution in [0, 0.1) is 5.92 Å². The van der Waals surface area contributed by atoms with E-state index < -0.39 is 0 Å². The van der Waals surface area contributed by atoms with E-state index in [1.807, 2.05) is 37.8 Å². The van der Waals surface area contributed by atoms with Gasteiger partial charge in [-0.2, -0.15) is 0 Å². The summed E-state index contributed by atoms with van der Waals surface area (Å²) in [7, 11) is 1.84. The van der Waals surface area contributed by atoms with E-state index >= 15 is 0 Å². The van der Waals surface area contributed by atoms with Crippen LogP contribution in [0.3, 0.4) is 0 Å². The number of rotatable bonds is 6. The number of aromatic nitrogens is 2. The lowest BCUT2D eigenvalue weighted by molar-refractivity contribution is 0.124. The molecule has 2 unspecified atom stereocenters. The molecule has 6 heteroatoms. The molecule has 2 atom stereocenters. The average molecular weight is 355 g/mol. The largest absolute Gasteiger partial charge is 0.375 e. The summed E-state index contributed by atoms with van der Waals surface area (Å²) in [5, 5.41) is 3.43. The molecule has 1 aromatic carbocycles. The number of guanidine groups is 1. The van der Waals surface area contributed by atoms with E-state index in [2.05, 4.69) is 50.0 Å². The van der Waals surface area contributed by atoms with Gasteiger partial charge in [0.1, 0.15) is 0 Å². The third-order valence-electron chi connectivity index (χ3n) is 4.98. The fourth-order valence-electron chi connectivity index (χ4n) is 3.43. The minimum Gasteiger partial charge on any atom is -0.375 e. The van der Waals surface area contributed by atoms with E-state index in [0.29, 0.717) is 25.2 Å². The maximum absolute atomic E-state index is 5.75. The van der Waals surface area contributed by atoms with Crippen molar-refractivity contribution in [1.29, 1.82) is 0 Å². The van der Waals surface area contributed by atoms with Gasteiger partial charge >= 0.3 is 0 Å². The molecule has 2 heterocycles. The molecule has 3 rings (SSSR count). The van der Waals surface area contributed by atoms with Gasteiger partial charge < -0.3 is 19.5 Å². The predicted molar refractivity (Wildman–Crippen MR) is 104 cm³/mol. The smallest absolute Gasteiger partial charge is 0.193 e. The second-order valence-electron chi connectivity index (χ2n) is 6.80. The molecule has 1 aliphatic rings. The number of hydrogen-bond acceptors (Lipinski definition) is 3. The Morgan fingerprint density at radius 3 is 2.92 bits per heavy atom. The Bertz CT molecular complexity index is 671. The Morgan fingerprint density at radius 1 is 1.35 bits per heavy atom. The number of likely N-dealkylation sites (tertiary alicyclic amines) is 1. The van der Waals surface area contributed by atoms with E-state index in [0.717, 1.165) is 32.0 Å². The van der Waals surface area contributed by atoms with Crippen LogP contribution in [0.5, 0.6) is 0 Å². The lowest BCUT2D eigenvalue weighted by Gasteiger charge is -2.39. The Kier molecular flexibility index (Phi) is 6.66. The predicted octanol–water partition coefficient (Wildman–Crippen LogP) is 2.56. The van der Waals surface area contributed by atoms with Gasteiger partial charge in [0, 0.05) is 39.1 Å². The van der Waals surface area contributed by atoms with Crippen molar-refractivity contribution in [3.05, 3.63) is 54.6 Å². The van der Waals surface area contributed by atoms with Crippen LogP contribution in [0.15, 0.2) is 54.0 Å². The molecule has 0 radical (unpaired) electrons. The molecule has 0 saturated carbocycles. The van der Waals surface area contributed by atoms with Gasteiger partial charge in [-0.25, -0.2) is 4.98 Å². The standard InChI is InChI=1S/C20H29N5O/c1-17-8-11-24(14-19(17)25-12-9-22-16-25)20(21-2)23-10-13-26-15-18-6-4-3-5-7-18/h3-7,9,12,16-17,19H,8,10-11,13-15H2,1-2H3,(H,21,23). The van der Waals surface area contributed by atoms with Crippen molar-refractivity contribution in [3.63, 3.8) is 0 Å². The highest BCUT2D eigenvalue weighted by Crippen LogP contribution is 2.27. The number of imidazole rings is 1. The maximum Gasteiger partial charge on any atom is 0.193 e. The summed E-state index contributed by atoms with van der Waals surface area (Å²) in [5.41, 5.74) is 1.20. The van der Waals surface area contributed by atoms with Crippen LogP contribution in [0.1, 0.15) is 24.9 Å². The van der Waals surface area contributed by atoms with Gasteiger partial charge in [0.05, 0.1) is 25.6 Å². The zero-order valence-corrected chi connectivity index (χ0v) is 15.7. The number of benzene rings is 1. The van der Waals surface area contributed by atoms with Crippen LogP contribution < -0.4 is 5.32 Å². The van der Waals surface area contributed by atoms with Crippen molar-refractivity contribution in [2.24, 2.45) is 10.9 Å². The molecule has 1 aliphatic heterocycles. The van der Waals surface area contributed by atoms with E-state index in [9.17, 15) is 0 Å². The summed E-state index contributed by atoms with van der Waals surface area (Å²) in [6.07, 6.45) is 6.97. The summed E-state index contributed by atoms with van der Waals surface area (Å²) in [6, 6.07) is 10.7. The normalized spacial score (nSPS) is 21.0. The van der Waals surface area contributed by atoms with Crippen LogP contribution in [0.2, 0.25) is 0 Å². The summed E-state index contributed by atoms with van der Waals surface area (Å²) in [6.45, 7) is 6.34. The minimum atomic E-state index is 0.430. The highest BCUT2D eigenvalue weighted by Gasteiger charge is 2.28. The van der Waals surface area contributed by atoms with Crippen molar-refractivity contribution in [1.82, 2.24) is 19.8 Å². The number of ether oxygens (including phenoxy) is 1. The molecule has 1 saturated heterocycles. The summed E-state index contributed by atoms with van der Waals surface area (Å²) >= 11 is 0. The van der Waals surface area contributed by atoms with Crippen LogP contribution in [-0.2, 0) is 11.3 Å². The number of nitrogens with one attached hydrogen (secondary N) is 1.